The molecule has 122 valence electrons. The van der Waals surface area contributed by atoms with E-state index in [4.69, 9.17) is 4.74 Å². The molecule has 8 heteroatoms. The lowest BCUT2D eigenvalue weighted by atomic mass is 9.91. The van der Waals surface area contributed by atoms with Crippen LogP contribution in [0.1, 0.15) is 11.5 Å². The van der Waals surface area contributed by atoms with Crippen LogP contribution in [0.3, 0.4) is 0 Å². The monoisotopic (exact) mass is 348 g/mol. The lowest BCUT2D eigenvalue weighted by molar-refractivity contribution is -0.275. The summed E-state index contributed by atoms with van der Waals surface area (Å²) in [5.74, 6) is -3.23. The lowest BCUT2D eigenvalue weighted by Crippen LogP contribution is -2.18. The average molecular weight is 348 g/mol. The Balaban J connectivity index is 1.97. The minimum atomic E-state index is -5.00. The first-order valence-electron chi connectivity index (χ1n) is 6.42. The molecule has 1 aromatic rings. The Kier molecular flexibility index (Phi) is 3.87. The second-order valence-corrected chi connectivity index (χ2v) is 5.92. The Morgan fingerprint density at radius 1 is 1.22 bits per heavy atom. The molecule has 0 radical (unpaired) electrons. The third-order valence-electron chi connectivity index (χ3n) is 3.40. The molecule has 0 spiro atoms. The maximum absolute atomic E-state index is 14.4. The first-order chi connectivity index (χ1) is 10.8. The molecule has 0 amide bonds. The first-order valence-corrected chi connectivity index (χ1v) is 7.30. The van der Waals surface area contributed by atoms with Crippen molar-refractivity contribution >= 4 is 11.8 Å². The zero-order valence-electron chi connectivity index (χ0n) is 11.4. The molecule has 1 heterocycles. The zero-order chi connectivity index (χ0) is 16.8. The lowest BCUT2D eigenvalue weighted by Gasteiger charge is -2.20. The Hall–Kier alpha value is -1.96. The number of allylic oxidation sites excluding steroid dienone is 2. The van der Waals surface area contributed by atoms with Crippen LogP contribution in [0.2, 0.25) is 0 Å². The molecule has 0 saturated heterocycles. The van der Waals surface area contributed by atoms with Crippen LogP contribution >= 0.6 is 11.8 Å². The van der Waals surface area contributed by atoms with Crippen molar-refractivity contribution in [1.82, 2.24) is 0 Å². The molecule has 0 N–H and O–H groups in total. The molecule has 2 atom stereocenters. The van der Waals surface area contributed by atoms with E-state index in [0.29, 0.717) is 5.56 Å². The Morgan fingerprint density at radius 2 is 1.96 bits per heavy atom. The molecule has 1 aliphatic heterocycles. The van der Waals surface area contributed by atoms with Gasteiger partial charge in [0.25, 0.3) is 0 Å². The highest BCUT2D eigenvalue weighted by Crippen LogP contribution is 2.54. The van der Waals surface area contributed by atoms with E-state index < -0.39 is 34.9 Å². The number of fused-ring (bicyclic) bond motifs is 3. The van der Waals surface area contributed by atoms with Crippen LogP contribution in [-0.2, 0) is 4.74 Å². The average Bonchev–Trinajstić information content (AvgIpc) is 2.84. The Labute approximate surface area is 132 Å². The van der Waals surface area contributed by atoms with Crippen molar-refractivity contribution in [3.63, 3.8) is 0 Å². The molecule has 23 heavy (non-hydrogen) atoms. The van der Waals surface area contributed by atoms with Crippen molar-refractivity contribution in [2.75, 3.05) is 0 Å². The zero-order valence-corrected chi connectivity index (χ0v) is 12.2. The van der Waals surface area contributed by atoms with Gasteiger partial charge in [-0.05, 0) is 17.7 Å². The van der Waals surface area contributed by atoms with Crippen molar-refractivity contribution in [3.05, 3.63) is 60.1 Å². The van der Waals surface area contributed by atoms with E-state index in [9.17, 15) is 22.0 Å². The summed E-state index contributed by atoms with van der Waals surface area (Å²) in [6.45, 7) is 3.33. The third kappa shape index (κ3) is 2.83. The fourth-order valence-corrected chi connectivity index (χ4v) is 3.91. The number of hydrogen-bond donors (Lipinski definition) is 0. The van der Waals surface area contributed by atoms with Crippen molar-refractivity contribution in [2.24, 2.45) is 0 Å². The Bertz CT molecular complexity index is 723. The van der Waals surface area contributed by atoms with Gasteiger partial charge in [-0.1, -0.05) is 18.7 Å². The summed E-state index contributed by atoms with van der Waals surface area (Å²) in [6.07, 6.45) is -0.926. The van der Waals surface area contributed by atoms with E-state index in [1.165, 1.54) is 12.1 Å². The number of halogens is 5. The SMILES string of the molecule is C=COC1=C(F)C2Sc3c(ccc(OC(F)(F)F)c3F)C2C=C1. The summed E-state index contributed by atoms with van der Waals surface area (Å²) >= 11 is 0.804. The van der Waals surface area contributed by atoms with Crippen LogP contribution in [0.5, 0.6) is 5.75 Å². The van der Waals surface area contributed by atoms with Crippen LogP contribution in [0.4, 0.5) is 22.0 Å². The van der Waals surface area contributed by atoms with Gasteiger partial charge >= 0.3 is 6.36 Å². The van der Waals surface area contributed by atoms with E-state index in [-0.39, 0.29) is 10.7 Å². The van der Waals surface area contributed by atoms with Gasteiger partial charge in [-0.25, -0.2) is 8.78 Å². The molecule has 0 fully saturated rings. The first kappa shape index (κ1) is 15.9. The standard InChI is InChI=1S/C15H9F5O2S/c1-2-21-9-5-3-7-8-4-6-10(22-15(18,19)20)12(17)14(8)23-13(7)11(9)16/h2-7,13H,1H2. The smallest absolute Gasteiger partial charge is 0.463 e. The van der Waals surface area contributed by atoms with Crippen LogP contribution in [0.25, 0.3) is 0 Å². The minimum absolute atomic E-state index is 0.0475. The van der Waals surface area contributed by atoms with E-state index in [0.717, 1.165) is 24.1 Å². The minimum Gasteiger partial charge on any atom is -0.463 e. The molecular weight excluding hydrogens is 339 g/mol. The number of ether oxygens (including phenoxy) is 2. The summed E-state index contributed by atoms with van der Waals surface area (Å²) in [7, 11) is 0. The number of alkyl halides is 3. The molecule has 0 saturated carbocycles. The largest absolute Gasteiger partial charge is 0.573 e. The van der Waals surface area contributed by atoms with Gasteiger partial charge in [0.15, 0.2) is 23.2 Å². The quantitative estimate of drug-likeness (QED) is 0.553. The maximum atomic E-state index is 14.4. The highest BCUT2D eigenvalue weighted by atomic mass is 32.2. The summed E-state index contributed by atoms with van der Waals surface area (Å²) in [4.78, 5) is -0.0543. The summed E-state index contributed by atoms with van der Waals surface area (Å²) < 4.78 is 74.0. The van der Waals surface area contributed by atoms with Crippen molar-refractivity contribution in [2.45, 2.75) is 22.4 Å². The molecule has 1 aromatic carbocycles. The topological polar surface area (TPSA) is 18.5 Å². The van der Waals surface area contributed by atoms with Crippen molar-refractivity contribution < 1.29 is 31.4 Å². The Morgan fingerprint density at radius 3 is 2.61 bits per heavy atom. The van der Waals surface area contributed by atoms with Crippen molar-refractivity contribution in [1.29, 1.82) is 0 Å². The van der Waals surface area contributed by atoms with E-state index in [2.05, 4.69) is 11.3 Å². The summed E-state index contributed by atoms with van der Waals surface area (Å²) in [5.41, 5.74) is 0.413. The molecule has 2 aliphatic rings. The fraction of sp³-hybridized carbons (Fsp3) is 0.200. The number of benzene rings is 1. The van der Waals surface area contributed by atoms with Gasteiger partial charge in [-0.15, -0.1) is 24.9 Å². The summed E-state index contributed by atoms with van der Waals surface area (Å²) in [6, 6.07) is 2.21. The molecule has 1 aliphatic carbocycles. The second kappa shape index (κ2) is 5.59. The third-order valence-corrected chi connectivity index (χ3v) is 4.80. The van der Waals surface area contributed by atoms with Crippen LogP contribution in [0, 0.1) is 5.82 Å². The molecular formula is C15H9F5O2S. The van der Waals surface area contributed by atoms with Gasteiger partial charge in [0.2, 0.25) is 0 Å². The molecule has 2 nitrogen and oxygen atoms in total. The maximum Gasteiger partial charge on any atom is 0.573 e. The van der Waals surface area contributed by atoms with E-state index in [1.54, 1.807) is 6.08 Å². The van der Waals surface area contributed by atoms with Gasteiger partial charge in [0.05, 0.1) is 16.4 Å². The molecule has 0 aromatic heterocycles. The van der Waals surface area contributed by atoms with Gasteiger partial charge < -0.3 is 9.47 Å². The van der Waals surface area contributed by atoms with Gasteiger partial charge in [0, 0.05) is 5.92 Å². The number of rotatable bonds is 3. The highest BCUT2D eigenvalue weighted by molar-refractivity contribution is 8.00. The van der Waals surface area contributed by atoms with Crippen LogP contribution in [0.15, 0.2) is 53.6 Å². The van der Waals surface area contributed by atoms with E-state index in [1.807, 2.05) is 0 Å². The molecule has 0 bridgehead atoms. The molecule has 3 rings (SSSR count). The van der Waals surface area contributed by atoms with E-state index >= 15 is 0 Å². The number of hydrogen-bond acceptors (Lipinski definition) is 3. The van der Waals surface area contributed by atoms with Crippen molar-refractivity contribution in [3.8, 4) is 5.75 Å². The van der Waals surface area contributed by atoms with Gasteiger partial charge in [-0.3, -0.25) is 0 Å². The predicted octanol–water partition coefficient (Wildman–Crippen LogP) is 5.19. The van der Waals surface area contributed by atoms with Gasteiger partial charge in [0.1, 0.15) is 0 Å². The summed E-state index contributed by atoms with van der Waals surface area (Å²) in [5, 5.41) is -0.791. The second-order valence-electron chi connectivity index (χ2n) is 4.76. The van der Waals surface area contributed by atoms with Crippen LogP contribution < -0.4 is 4.74 Å². The predicted molar refractivity (Wildman–Crippen MR) is 74.0 cm³/mol. The van der Waals surface area contributed by atoms with Gasteiger partial charge in [-0.2, -0.15) is 0 Å². The normalized spacial score (nSPS) is 22.7. The molecule has 2 unspecified atom stereocenters. The number of thioether (sulfide) groups is 1. The fourth-order valence-electron chi connectivity index (χ4n) is 2.51. The van der Waals surface area contributed by atoms with Crippen LogP contribution in [-0.4, -0.2) is 11.6 Å². The highest BCUT2D eigenvalue weighted by Gasteiger charge is 2.42.